The zero-order valence-corrected chi connectivity index (χ0v) is 13.6. The van der Waals surface area contributed by atoms with E-state index in [2.05, 4.69) is 5.32 Å². The molecule has 1 amide bonds. The van der Waals surface area contributed by atoms with Gasteiger partial charge in [0.1, 0.15) is 0 Å². The van der Waals surface area contributed by atoms with Crippen LogP contribution in [-0.2, 0) is 21.2 Å². The SMILES string of the molecule is O=C(NCc1ccc(S(=O)(=O)C2CCCC2)cc1)C1CCC1. The van der Waals surface area contributed by atoms with E-state index in [0.29, 0.717) is 11.4 Å². The maximum absolute atomic E-state index is 12.5. The molecule has 2 fully saturated rings. The van der Waals surface area contributed by atoms with E-state index in [1.165, 1.54) is 0 Å². The fraction of sp³-hybridized carbons (Fsp3) is 0.588. The molecular formula is C17H23NO3S. The monoisotopic (exact) mass is 321 g/mol. The number of hydrogen-bond acceptors (Lipinski definition) is 3. The molecule has 0 aliphatic heterocycles. The van der Waals surface area contributed by atoms with Crippen LogP contribution in [-0.4, -0.2) is 19.6 Å². The minimum Gasteiger partial charge on any atom is -0.352 e. The lowest BCUT2D eigenvalue weighted by Crippen LogP contribution is -2.33. The van der Waals surface area contributed by atoms with Crippen molar-refractivity contribution in [3.8, 4) is 0 Å². The molecule has 120 valence electrons. The van der Waals surface area contributed by atoms with Crippen molar-refractivity contribution in [3.05, 3.63) is 29.8 Å². The van der Waals surface area contributed by atoms with Gasteiger partial charge in [0.05, 0.1) is 10.1 Å². The van der Waals surface area contributed by atoms with Crippen LogP contribution in [0.3, 0.4) is 0 Å². The molecule has 0 radical (unpaired) electrons. The Morgan fingerprint density at radius 3 is 2.18 bits per heavy atom. The first-order valence-electron chi connectivity index (χ1n) is 8.18. The van der Waals surface area contributed by atoms with E-state index in [1.807, 2.05) is 12.1 Å². The highest BCUT2D eigenvalue weighted by Gasteiger charge is 2.30. The highest BCUT2D eigenvalue weighted by molar-refractivity contribution is 7.92. The molecule has 0 heterocycles. The molecular weight excluding hydrogens is 298 g/mol. The summed E-state index contributed by atoms with van der Waals surface area (Å²) in [7, 11) is -3.18. The maximum Gasteiger partial charge on any atom is 0.223 e. The van der Waals surface area contributed by atoms with Crippen LogP contribution >= 0.6 is 0 Å². The van der Waals surface area contributed by atoms with Crippen molar-refractivity contribution in [1.29, 1.82) is 0 Å². The molecule has 1 N–H and O–H groups in total. The van der Waals surface area contributed by atoms with Crippen LogP contribution in [0.25, 0.3) is 0 Å². The number of rotatable bonds is 5. The maximum atomic E-state index is 12.5. The molecule has 1 aromatic rings. The third-order valence-electron chi connectivity index (χ3n) is 4.94. The molecule has 4 nitrogen and oxygen atoms in total. The van der Waals surface area contributed by atoms with Gasteiger partial charge in [-0.3, -0.25) is 4.79 Å². The van der Waals surface area contributed by atoms with E-state index < -0.39 is 9.84 Å². The number of hydrogen-bond donors (Lipinski definition) is 1. The Hall–Kier alpha value is -1.36. The zero-order chi connectivity index (χ0) is 15.6. The van der Waals surface area contributed by atoms with E-state index in [-0.39, 0.29) is 17.1 Å². The second-order valence-corrected chi connectivity index (χ2v) is 8.67. The Kier molecular flexibility index (Phi) is 4.52. The molecule has 2 aliphatic rings. The molecule has 0 bridgehead atoms. The predicted octanol–water partition coefficient (Wildman–Crippen LogP) is 2.82. The number of carbonyl (C=O) groups is 1. The van der Waals surface area contributed by atoms with Crippen molar-refractivity contribution < 1.29 is 13.2 Å². The van der Waals surface area contributed by atoms with Crippen molar-refractivity contribution in [2.24, 2.45) is 5.92 Å². The van der Waals surface area contributed by atoms with Crippen LogP contribution in [0.2, 0.25) is 0 Å². The van der Waals surface area contributed by atoms with Crippen LogP contribution in [0.15, 0.2) is 29.2 Å². The summed E-state index contributed by atoms with van der Waals surface area (Å²) in [6, 6.07) is 6.97. The minimum absolute atomic E-state index is 0.119. The van der Waals surface area contributed by atoms with Gasteiger partial charge in [-0.25, -0.2) is 8.42 Å². The van der Waals surface area contributed by atoms with Gasteiger partial charge in [-0.05, 0) is 43.4 Å². The molecule has 0 saturated heterocycles. The average Bonchev–Trinajstić information content (AvgIpc) is 2.98. The minimum atomic E-state index is -3.18. The summed E-state index contributed by atoms with van der Waals surface area (Å²) >= 11 is 0. The summed E-state index contributed by atoms with van der Waals surface area (Å²) in [5.41, 5.74) is 0.943. The Balaban J connectivity index is 1.61. The number of benzene rings is 1. The summed E-state index contributed by atoms with van der Waals surface area (Å²) in [4.78, 5) is 12.2. The quantitative estimate of drug-likeness (QED) is 0.907. The average molecular weight is 321 g/mol. The van der Waals surface area contributed by atoms with Gasteiger partial charge in [0.2, 0.25) is 5.91 Å². The molecule has 3 rings (SSSR count). The second-order valence-electron chi connectivity index (χ2n) is 6.44. The predicted molar refractivity (Wildman–Crippen MR) is 85.1 cm³/mol. The second kappa shape index (κ2) is 6.41. The van der Waals surface area contributed by atoms with Gasteiger partial charge >= 0.3 is 0 Å². The van der Waals surface area contributed by atoms with Gasteiger partial charge in [-0.1, -0.05) is 31.4 Å². The molecule has 0 spiro atoms. The van der Waals surface area contributed by atoms with Crippen molar-refractivity contribution in [2.75, 3.05) is 0 Å². The third kappa shape index (κ3) is 3.19. The highest BCUT2D eigenvalue weighted by Crippen LogP contribution is 2.29. The normalized spacial score (nSPS) is 19.8. The molecule has 2 saturated carbocycles. The van der Waals surface area contributed by atoms with Crippen LogP contribution in [0, 0.1) is 5.92 Å². The summed E-state index contributed by atoms with van der Waals surface area (Å²) in [5, 5.41) is 2.71. The van der Waals surface area contributed by atoms with E-state index in [9.17, 15) is 13.2 Å². The number of amides is 1. The lowest BCUT2D eigenvalue weighted by atomic mass is 9.85. The first-order valence-corrected chi connectivity index (χ1v) is 9.72. The molecule has 22 heavy (non-hydrogen) atoms. The van der Waals surface area contributed by atoms with Crippen molar-refractivity contribution in [3.63, 3.8) is 0 Å². The summed E-state index contributed by atoms with van der Waals surface area (Å²) in [6.07, 6.45) is 6.70. The van der Waals surface area contributed by atoms with Gasteiger partial charge in [-0.15, -0.1) is 0 Å². The van der Waals surface area contributed by atoms with Crippen molar-refractivity contribution in [2.45, 2.75) is 61.6 Å². The van der Waals surface area contributed by atoms with Gasteiger partial charge in [0, 0.05) is 12.5 Å². The standard InChI is InChI=1S/C17H23NO3S/c19-17(14-4-3-5-14)18-12-13-8-10-16(11-9-13)22(20,21)15-6-1-2-7-15/h8-11,14-15H,1-7,12H2,(H,18,19). The van der Waals surface area contributed by atoms with Crippen LogP contribution in [0.4, 0.5) is 0 Å². The Morgan fingerprint density at radius 2 is 1.64 bits per heavy atom. The largest absolute Gasteiger partial charge is 0.352 e. The van der Waals surface area contributed by atoms with Crippen molar-refractivity contribution >= 4 is 15.7 Å². The first kappa shape index (κ1) is 15.5. The zero-order valence-electron chi connectivity index (χ0n) is 12.8. The molecule has 0 atom stereocenters. The fourth-order valence-corrected chi connectivity index (χ4v) is 5.05. The smallest absolute Gasteiger partial charge is 0.223 e. The molecule has 0 aromatic heterocycles. The van der Waals surface area contributed by atoms with E-state index in [1.54, 1.807) is 12.1 Å². The molecule has 2 aliphatic carbocycles. The molecule has 0 unspecified atom stereocenters. The van der Waals surface area contributed by atoms with Gasteiger partial charge in [-0.2, -0.15) is 0 Å². The van der Waals surface area contributed by atoms with Crippen molar-refractivity contribution in [1.82, 2.24) is 5.32 Å². The lowest BCUT2D eigenvalue weighted by molar-refractivity contribution is -0.127. The molecule has 5 heteroatoms. The fourth-order valence-electron chi connectivity index (χ4n) is 3.19. The van der Waals surface area contributed by atoms with E-state index in [4.69, 9.17) is 0 Å². The van der Waals surface area contributed by atoms with Gasteiger partial charge < -0.3 is 5.32 Å². The van der Waals surface area contributed by atoms with Crippen LogP contribution in [0.5, 0.6) is 0 Å². The number of nitrogens with one attached hydrogen (secondary N) is 1. The van der Waals surface area contributed by atoms with Gasteiger partial charge in [0.15, 0.2) is 9.84 Å². The van der Waals surface area contributed by atoms with Crippen LogP contribution in [0.1, 0.15) is 50.5 Å². The highest BCUT2D eigenvalue weighted by atomic mass is 32.2. The molecule has 1 aromatic carbocycles. The number of sulfone groups is 1. The Bertz CT molecular complexity index is 626. The van der Waals surface area contributed by atoms with E-state index >= 15 is 0 Å². The Labute approximate surface area is 132 Å². The van der Waals surface area contributed by atoms with Crippen LogP contribution < -0.4 is 5.32 Å². The third-order valence-corrected chi connectivity index (χ3v) is 7.21. The topological polar surface area (TPSA) is 63.2 Å². The van der Waals surface area contributed by atoms with E-state index in [0.717, 1.165) is 50.5 Å². The number of carbonyl (C=O) groups excluding carboxylic acids is 1. The van der Waals surface area contributed by atoms with Gasteiger partial charge in [0.25, 0.3) is 0 Å². The summed E-state index contributed by atoms with van der Waals surface area (Å²) in [6.45, 7) is 0.471. The first-order chi connectivity index (χ1) is 10.6. The Morgan fingerprint density at radius 1 is 1.00 bits per heavy atom. The summed E-state index contributed by atoms with van der Waals surface area (Å²) in [5.74, 6) is 0.302. The lowest BCUT2D eigenvalue weighted by Gasteiger charge is -2.24. The summed E-state index contributed by atoms with van der Waals surface area (Å²) < 4.78 is 25.0.